The minimum Gasteiger partial charge on any atom is -0.497 e. The highest BCUT2D eigenvalue weighted by atomic mass is 32.1. The first kappa shape index (κ1) is 12.7. The third-order valence-electron chi connectivity index (χ3n) is 4.03. The number of rotatable bonds is 2. The molecule has 1 aromatic carbocycles. The van der Waals surface area contributed by atoms with E-state index in [0.29, 0.717) is 0 Å². The van der Waals surface area contributed by atoms with Crippen LogP contribution in [0, 0.1) is 0 Å². The maximum absolute atomic E-state index is 5.29. The second-order valence-electron chi connectivity index (χ2n) is 5.32. The average Bonchev–Trinajstić information content (AvgIpc) is 3.25. The van der Waals surface area contributed by atoms with Crippen molar-refractivity contribution in [1.82, 2.24) is 19.4 Å². The normalized spacial score (nSPS) is 11.7. The van der Waals surface area contributed by atoms with Crippen LogP contribution in [0.4, 0.5) is 0 Å². The van der Waals surface area contributed by atoms with E-state index in [0.717, 1.165) is 38.5 Å². The molecule has 0 radical (unpaired) electrons. The largest absolute Gasteiger partial charge is 0.497 e. The number of hydrogen-bond acceptors (Lipinski definition) is 4. The van der Waals surface area contributed by atoms with E-state index in [1.807, 2.05) is 24.4 Å². The lowest BCUT2D eigenvalue weighted by Gasteiger charge is -1.98. The van der Waals surface area contributed by atoms with E-state index < -0.39 is 0 Å². The molecule has 0 aliphatic carbocycles. The van der Waals surface area contributed by atoms with E-state index in [2.05, 4.69) is 32.7 Å². The highest BCUT2D eigenvalue weighted by Gasteiger charge is 2.13. The van der Waals surface area contributed by atoms with Gasteiger partial charge in [0.25, 0.3) is 0 Å². The van der Waals surface area contributed by atoms with Crippen LogP contribution in [0.25, 0.3) is 37.5 Å². The molecule has 0 saturated carbocycles. The van der Waals surface area contributed by atoms with Gasteiger partial charge in [0.2, 0.25) is 0 Å². The van der Waals surface area contributed by atoms with Crippen LogP contribution < -0.4 is 4.74 Å². The molecule has 23 heavy (non-hydrogen) atoms. The third kappa shape index (κ3) is 1.78. The van der Waals surface area contributed by atoms with Gasteiger partial charge < -0.3 is 9.72 Å². The number of imidazole rings is 1. The zero-order chi connectivity index (χ0) is 15.4. The van der Waals surface area contributed by atoms with Crippen LogP contribution in [0.5, 0.6) is 5.75 Å². The second kappa shape index (κ2) is 4.57. The van der Waals surface area contributed by atoms with E-state index in [-0.39, 0.29) is 0 Å². The zero-order valence-electron chi connectivity index (χ0n) is 12.3. The van der Waals surface area contributed by atoms with Crippen molar-refractivity contribution in [2.75, 3.05) is 7.11 Å². The summed E-state index contributed by atoms with van der Waals surface area (Å²) in [5.74, 6) is 0.866. The predicted octanol–water partition coefficient (Wildman–Crippen LogP) is 4.10. The fourth-order valence-corrected chi connectivity index (χ4v) is 3.94. The minimum absolute atomic E-state index is 0.866. The van der Waals surface area contributed by atoms with Gasteiger partial charge in [-0.25, -0.2) is 9.97 Å². The van der Waals surface area contributed by atoms with E-state index >= 15 is 0 Å². The van der Waals surface area contributed by atoms with Crippen LogP contribution in [0.2, 0.25) is 0 Å². The second-order valence-corrected chi connectivity index (χ2v) is 6.33. The van der Waals surface area contributed by atoms with Crippen molar-refractivity contribution in [3.63, 3.8) is 0 Å². The number of hydrogen-bond donors (Lipinski definition) is 1. The number of fused-ring (bicyclic) bond motifs is 4. The molecule has 4 heterocycles. The van der Waals surface area contributed by atoms with Crippen LogP contribution in [0.3, 0.4) is 0 Å². The Bertz CT molecular complexity index is 1170. The lowest BCUT2D eigenvalue weighted by molar-refractivity contribution is 0.415. The number of H-pyrrole nitrogens is 1. The topological polar surface area (TPSA) is 55.2 Å². The zero-order valence-corrected chi connectivity index (χ0v) is 13.1. The highest BCUT2D eigenvalue weighted by Crippen LogP contribution is 2.33. The summed E-state index contributed by atoms with van der Waals surface area (Å²) >= 11 is 1.66. The summed E-state index contributed by atoms with van der Waals surface area (Å²) in [5.41, 5.74) is 4.05. The molecule has 1 N–H and O–H groups in total. The van der Waals surface area contributed by atoms with E-state index in [9.17, 15) is 0 Å². The molecule has 5 rings (SSSR count). The third-order valence-corrected chi connectivity index (χ3v) is 5.05. The maximum atomic E-state index is 5.29. The number of methoxy groups -OCH3 is 1. The Kier molecular flexibility index (Phi) is 2.51. The summed E-state index contributed by atoms with van der Waals surface area (Å²) in [6, 6.07) is 10.1. The molecule has 0 aliphatic heterocycles. The highest BCUT2D eigenvalue weighted by molar-refractivity contribution is 7.23. The smallest absolute Gasteiger partial charge is 0.195 e. The van der Waals surface area contributed by atoms with Gasteiger partial charge in [0.05, 0.1) is 23.0 Å². The lowest BCUT2D eigenvalue weighted by atomic mass is 10.2. The first-order valence-corrected chi connectivity index (χ1v) is 8.03. The number of aromatic amines is 1. The quantitative estimate of drug-likeness (QED) is 0.533. The van der Waals surface area contributed by atoms with Crippen LogP contribution in [-0.2, 0) is 0 Å². The predicted molar refractivity (Wildman–Crippen MR) is 92.2 cm³/mol. The van der Waals surface area contributed by atoms with Crippen LogP contribution in [-0.4, -0.2) is 26.5 Å². The Morgan fingerprint density at radius 2 is 2.22 bits per heavy atom. The van der Waals surface area contributed by atoms with Gasteiger partial charge in [-0.05, 0) is 30.3 Å². The number of thiazole rings is 1. The first-order chi connectivity index (χ1) is 11.3. The van der Waals surface area contributed by atoms with E-state index in [1.54, 1.807) is 24.6 Å². The minimum atomic E-state index is 0.866. The Morgan fingerprint density at radius 3 is 3.13 bits per heavy atom. The summed E-state index contributed by atoms with van der Waals surface area (Å²) < 4.78 is 8.59. The molecule has 0 aliphatic rings. The fourth-order valence-electron chi connectivity index (χ4n) is 2.91. The summed E-state index contributed by atoms with van der Waals surface area (Å²) in [5, 5.41) is 1.09. The maximum Gasteiger partial charge on any atom is 0.195 e. The number of aromatic nitrogens is 4. The Morgan fingerprint density at radius 1 is 1.26 bits per heavy atom. The number of ether oxygens (including phenoxy) is 1. The molecule has 5 nitrogen and oxygen atoms in total. The Hall–Kier alpha value is -2.86. The lowest BCUT2D eigenvalue weighted by Crippen LogP contribution is -1.82. The van der Waals surface area contributed by atoms with Crippen LogP contribution in [0.15, 0.2) is 48.9 Å². The van der Waals surface area contributed by atoms with Crippen molar-refractivity contribution in [2.24, 2.45) is 0 Å². The molecule has 0 fully saturated rings. The molecule has 4 aromatic heterocycles. The van der Waals surface area contributed by atoms with Crippen molar-refractivity contribution in [1.29, 1.82) is 0 Å². The molecule has 0 bridgehead atoms. The molecule has 5 aromatic rings. The summed E-state index contributed by atoms with van der Waals surface area (Å²) in [6.45, 7) is 0. The molecule has 0 spiro atoms. The van der Waals surface area contributed by atoms with Crippen molar-refractivity contribution in [3.05, 3.63) is 48.9 Å². The molecule has 112 valence electrons. The summed E-state index contributed by atoms with van der Waals surface area (Å²) in [7, 11) is 1.68. The molecule has 0 atom stereocenters. The average molecular weight is 320 g/mol. The van der Waals surface area contributed by atoms with E-state index in [4.69, 9.17) is 9.72 Å². The monoisotopic (exact) mass is 320 g/mol. The molecule has 0 saturated heterocycles. The number of benzene rings is 1. The SMILES string of the molecule is COc1ccc2c(c1)sc1nc(-c3c[nH]c4ncccc34)cn12. The molecule has 6 heteroatoms. The van der Waals surface area contributed by atoms with Gasteiger partial charge in [0.1, 0.15) is 11.4 Å². The number of nitrogens with zero attached hydrogens (tertiary/aromatic N) is 3. The van der Waals surface area contributed by atoms with E-state index in [1.165, 1.54) is 4.70 Å². The van der Waals surface area contributed by atoms with Gasteiger partial charge >= 0.3 is 0 Å². The van der Waals surface area contributed by atoms with Gasteiger partial charge in [0, 0.05) is 29.5 Å². The summed E-state index contributed by atoms with van der Waals surface area (Å²) in [6.07, 6.45) is 5.83. The molecular weight excluding hydrogens is 308 g/mol. The van der Waals surface area contributed by atoms with Crippen molar-refractivity contribution in [2.45, 2.75) is 0 Å². The fraction of sp³-hybridized carbons (Fsp3) is 0.0588. The molecule has 0 unspecified atom stereocenters. The number of pyridine rings is 1. The van der Waals surface area contributed by atoms with Crippen LogP contribution >= 0.6 is 11.3 Å². The number of nitrogens with one attached hydrogen (secondary N) is 1. The first-order valence-electron chi connectivity index (χ1n) is 7.21. The Labute approximate surface area is 135 Å². The summed E-state index contributed by atoms with van der Waals surface area (Å²) in [4.78, 5) is 13.3. The standard InChI is InChI=1S/C17H12N4OS/c1-22-10-4-5-14-15(7-10)23-17-20-13(9-21(14)17)12-8-19-16-11(12)3-2-6-18-16/h2-9H,1H3,(H,18,19). The van der Waals surface area contributed by atoms with Gasteiger partial charge in [-0.2, -0.15) is 0 Å². The van der Waals surface area contributed by atoms with Gasteiger partial charge in [-0.1, -0.05) is 11.3 Å². The molecule has 0 amide bonds. The molecular formula is C17H12N4OS. The Balaban J connectivity index is 1.74. The van der Waals surface area contributed by atoms with Crippen molar-refractivity contribution < 1.29 is 4.74 Å². The van der Waals surface area contributed by atoms with Crippen LogP contribution in [0.1, 0.15) is 0 Å². The van der Waals surface area contributed by atoms with Gasteiger partial charge in [0.15, 0.2) is 4.96 Å². The van der Waals surface area contributed by atoms with Crippen molar-refractivity contribution in [3.8, 4) is 17.0 Å². The van der Waals surface area contributed by atoms with Crippen molar-refractivity contribution >= 4 is 37.5 Å². The van der Waals surface area contributed by atoms with Gasteiger partial charge in [-0.15, -0.1) is 0 Å². The van der Waals surface area contributed by atoms with Gasteiger partial charge in [-0.3, -0.25) is 4.40 Å².